The predicted octanol–water partition coefficient (Wildman–Crippen LogP) is -1.97. The zero-order chi connectivity index (χ0) is 6.41. The zero-order valence-electron chi connectivity index (χ0n) is 5.00. The van der Waals surface area contributed by atoms with Crippen molar-refractivity contribution < 1.29 is 14.6 Å². The normalized spacial score (nSPS) is 14.2. The molecule has 0 aromatic rings. The Labute approximate surface area is 51.8 Å². The molecule has 0 heterocycles. The molecule has 0 aliphatic carbocycles. The summed E-state index contributed by atoms with van der Waals surface area (Å²) in [7, 11) is 0.625. The molecule has 4 heteroatoms. The second-order valence-corrected chi connectivity index (χ2v) is 2.02. The van der Waals surface area contributed by atoms with Gasteiger partial charge in [0.15, 0.2) is 0 Å². The first-order valence-corrected chi connectivity index (χ1v) is 3.41. The maximum atomic E-state index is 8.44. The van der Waals surface area contributed by atoms with Crippen molar-refractivity contribution in [3.05, 3.63) is 0 Å². The smallest absolute Gasteiger partial charge is 0.146 e. The molecule has 0 spiro atoms. The standard InChI is InChI=1S/C4H12O3Si/c5-2-1-4(3-6)7-8/h4-6H,1-3H2,8H3. The molecule has 0 saturated heterocycles. The lowest BCUT2D eigenvalue weighted by Gasteiger charge is -2.09. The van der Waals surface area contributed by atoms with Crippen molar-refractivity contribution in [3.8, 4) is 0 Å². The summed E-state index contributed by atoms with van der Waals surface area (Å²) in [5, 5.41) is 16.8. The minimum absolute atomic E-state index is 0.0179. The second kappa shape index (κ2) is 5.24. The molecule has 0 aromatic heterocycles. The molecule has 0 amide bonds. The molecule has 8 heavy (non-hydrogen) atoms. The van der Waals surface area contributed by atoms with Crippen LogP contribution in [0.3, 0.4) is 0 Å². The van der Waals surface area contributed by atoms with E-state index >= 15 is 0 Å². The fourth-order valence-corrected chi connectivity index (χ4v) is 0.812. The highest BCUT2D eigenvalue weighted by Crippen LogP contribution is 1.91. The van der Waals surface area contributed by atoms with Crippen molar-refractivity contribution in [1.29, 1.82) is 0 Å². The summed E-state index contributed by atoms with van der Waals surface area (Å²) in [4.78, 5) is 0. The van der Waals surface area contributed by atoms with Gasteiger partial charge in [-0.3, -0.25) is 0 Å². The van der Waals surface area contributed by atoms with Crippen LogP contribution in [-0.4, -0.2) is 40.0 Å². The third-order valence-electron chi connectivity index (χ3n) is 0.988. The average Bonchev–Trinajstić information content (AvgIpc) is 1.83. The largest absolute Gasteiger partial charge is 0.423 e. The van der Waals surface area contributed by atoms with Gasteiger partial charge in [0.25, 0.3) is 0 Å². The summed E-state index contributed by atoms with van der Waals surface area (Å²) in [6.45, 7) is 0.109. The average molecular weight is 136 g/mol. The number of hydrogen-bond donors (Lipinski definition) is 2. The van der Waals surface area contributed by atoms with Crippen LogP contribution >= 0.6 is 0 Å². The van der Waals surface area contributed by atoms with Gasteiger partial charge in [-0.25, -0.2) is 0 Å². The summed E-state index contributed by atoms with van der Waals surface area (Å²) in [6, 6.07) is 0. The molecule has 0 fully saturated rings. The summed E-state index contributed by atoms with van der Waals surface area (Å²) >= 11 is 0. The minimum Gasteiger partial charge on any atom is -0.423 e. The van der Waals surface area contributed by atoms with E-state index in [1.807, 2.05) is 0 Å². The van der Waals surface area contributed by atoms with E-state index in [9.17, 15) is 0 Å². The Morgan fingerprint density at radius 2 is 2.12 bits per heavy atom. The molecule has 2 N–H and O–H groups in total. The summed E-state index contributed by atoms with van der Waals surface area (Å²) in [6.07, 6.45) is 0.409. The van der Waals surface area contributed by atoms with E-state index in [-0.39, 0.29) is 19.3 Å². The molecule has 0 bridgehead atoms. The molecule has 50 valence electrons. The van der Waals surface area contributed by atoms with Gasteiger partial charge in [0.05, 0.1) is 12.7 Å². The van der Waals surface area contributed by atoms with Gasteiger partial charge in [-0.1, -0.05) is 0 Å². The molecule has 0 rings (SSSR count). The second-order valence-electron chi connectivity index (χ2n) is 1.55. The van der Waals surface area contributed by atoms with Crippen LogP contribution in [0.25, 0.3) is 0 Å². The summed E-state index contributed by atoms with van der Waals surface area (Å²) < 4.78 is 4.87. The van der Waals surface area contributed by atoms with Crippen molar-refractivity contribution in [3.63, 3.8) is 0 Å². The first-order chi connectivity index (χ1) is 3.85. The highest BCUT2D eigenvalue weighted by Gasteiger charge is 2.00. The molecule has 3 nitrogen and oxygen atoms in total. The highest BCUT2D eigenvalue weighted by atomic mass is 28.2. The third kappa shape index (κ3) is 3.14. The van der Waals surface area contributed by atoms with Gasteiger partial charge in [0.2, 0.25) is 0 Å². The lowest BCUT2D eigenvalue weighted by molar-refractivity contribution is 0.0985. The van der Waals surface area contributed by atoms with E-state index in [2.05, 4.69) is 0 Å². The van der Waals surface area contributed by atoms with Crippen LogP contribution in [0.1, 0.15) is 6.42 Å². The van der Waals surface area contributed by atoms with E-state index in [0.29, 0.717) is 16.9 Å². The van der Waals surface area contributed by atoms with E-state index in [1.165, 1.54) is 0 Å². The number of aliphatic hydroxyl groups is 2. The number of hydrogen-bond acceptors (Lipinski definition) is 3. The van der Waals surface area contributed by atoms with E-state index in [0.717, 1.165) is 0 Å². The number of aliphatic hydroxyl groups excluding tert-OH is 2. The van der Waals surface area contributed by atoms with Crippen LogP contribution in [-0.2, 0) is 4.43 Å². The van der Waals surface area contributed by atoms with Crippen molar-refractivity contribution >= 4 is 10.5 Å². The molecule has 1 atom stereocenters. The summed E-state index contributed by atoms with van der Waals surface area (Å²) in [5.41, 5.74) is 0. The van der Waals surface area contributed by atoms with Crippen LogP contribution in [0.4, 0.5) is 0 Å². The lowest BCUT2D eigenvalue weighted by Crippen LogP contribution is -2.17. The first-order valence-electron chi connectivity index (χ1n) is 2.59. The molecule has 0 aliphatic rings. The monoisotopic (exact) mass is 136 g/mol. The highest BCUT2D eigenvalue weighted by molar-refractivity contribution is 5.98. The summed E-state index contributed by atoms with van der Waals surface area (Å²) in [5.74, 6) is 0. The van der Waals surface area contributed by atoms with Gasteiger partial charge in [-0.05, 0) is 6.42 Å². The molecular formula is C4H12O3Si. The van der Waals surface area contributed by atoms with Crippen molar-refractivity contribution in [2.45, 2.75) is 12.5 Å². The van der Waals surface area contributed by atoms with Gasteiger partial charge in [0, 0.05) is 6.61 Å². The Morgan fingerprint density at radius 3 is 2.25 bits per heavy atom. The molecule has 0 aromatic carbocycles. The van der Waals surface area contributed by atoms with Crippen LogP contribution < -0.4 is 0 Å². The Morgan fingerprint density at radius 1 is 1.50 bits per heavy atom. The number of rotatable bonds is 4. The Kier molecular flexibility index (Phi) is 5.30. The maximum Gasteiger partial charge on any atom is 0.146 e. The topological polar surface area (TPSA) is 49.7 Å². The van der Waals surface area contributed by atoms with Crippen molar-refractivity contribution in [2.24, 2.45) is 0 Å². The third-order valence-corrected chi connectivity index (χ3v) is 1.65. The zero-order valence-corrected chi connectivity index (χ0v) is 7.00. The van der Waals surface area contributed by atoms with E-state index < -0.39 is 0 Å². The maximum absolute atomic E-state index is 8.44. The molecule has 0 radical (unpaired) electrons. The minimum atomic E-state index is -0.133. The van der Waals surface area contributed by atoms with E-state index in [4.69, 9.17) is 14.6 Å². The quantitative estimate of drug-likeness (QED) is 0.441. The van der Waals surface area contributed by atoms with Crippen molar-refractivity contribution in [1.82, 2.24) is 0 Å². The Bertz CT molecular complexity index is 46.5. The molecular weight excluding hydrogens is 124 g/mol. The molecule has 0 aliphatic heterocycles. The fourth-order valence-electron chi connectivity index (χ4n) is 0.428. The fraction of sp³-hybridized carbons (Fsp3) is 1.00. The predicted molar refractivity (Wildman–Crippen MR) is 33.6 cm³/mol. The first kappa shape index (κ1) is 8.10. The van der Waals surface area contributed by atoms with E-state index in [1.54, 1.807) is 0 Å². The van der Waals surface area contributed by atoms with Gasteiger partial charge >= 0.3 is 0 Å². The molecule has 1 unspecified atom stereocenters. The molecule has 0 saturated carbocycles. The van der Waals surface area contributed by atoms with Gasteiger partial charge in [-0.2, -0.15) is 0 Å². The van der Waals surface area contributed by atoms with Gasteiger partial charge in [0.1, 0.15) is 10.5 Å². The van der Waals surface area contributed by atoms with Crippen LogP contribution in [0, 0.1) is 0 Å². The lowest BCUT2D eigenvalue weighted by atomic mass is 10.3. The van der Waals surface area contributed by atoms with Crippen molar-refractivity contribution in [2.75, 3.05) is 13.2 Å². The van der Waals surface area contributed by atoms with Crippen LogP contribution in [0.15, 0.2) is 0 Å². The SMILES string of the molecule is OCCC(CO)O[SiH3]. The Hall–Kier alpha value is 0.0969. The van der Waals surface area contributed by atoms with Crippen LogP contribution in [0.2, 0.25) is 0 Å². The van der Waals surface area contributed by atoms with Crippen LogP contribution in [0.5, 0.6) is 0 Å². The van der Waals surface area contributed by atoms with Gasteiger partial charge < -0.3 is 14.6 Å². The Balaban J connectivity index is 3.07. The van der Waals surface area contributed by atoms with Gasteiger partial charge in [-0.15, -0.1) is 0 Å².